The van der Waals surface area contributed by atoms with Gasteiger partial charge in [0.25, 0.3) is 0 Å². The van der Waals surface area contributed by atoms with Crippen LogP contribution in [0.2, 0.25) is 0 Å². The Morgan fingerprint density at radius 3 is 1.21 bits per heavy atom. The zero-order chi connectivity index (χ0) is 30.0. The summed E-state index contributed by atoms with van der Waals surface area (Å²) in [5.74, 6) is 4.07. The molecule has 0 aliphatic carbocycles. The Kier molecular flexibility index (Phi) is 32.0. The lowest BCUT2D eigenvalue weighted by atomic mass is 10.0. The van der Waals surface area contributed by atoms with E-state index in [1.807, 2.05) is 0 Å². The fourth-order valence-corrected chi connectivity index (χ4v) is 7.48. The molecular weight excluding hydrogens is 529 g/mol. The smallest absolute Gasteiger partial charge is 0.0990 e. The van der Waals surface area contributed by atoms with Gasteiger partial charge in [-0.15, -0.1) is 0 Å². The third kappa shape index (κ3) is 27.4. The van der Waals surface area contributed by atoms with E-state index in [1.165, 1.54) is 229 Å². The zero-order valence-corrected chi connectivity index (χ0v) is 30.1. The summed E-state index contributed by atoms with van der Waals surface area (Å²) >= 11 is 2.18. The molecule has 0 aromatic rings. The maximum atomic E-state index is 4.85. The van der Waals surface area contributed by atoms with Gasteiger partial charge in [-0.3, -0.25) is 4.99 Å². The average molecular weight is 607 g/mol. The summed E-state index contributed by atoms with van der Waals surface area (Å²) < 4.78 is 0. The standard InChI is InChI=1S/C39H78N2S/c1-3-5-7-9-11-13-15-17-19-20-22-24-26-28-30-32-37-42-38-36-41-35-34-40-39(41)33-31-29-27-25-23-21-18-16-14-12-10-8-6-4-2/h3-38H2,1-2H3. The number of unbranched alkanes of at least 4 members (excludes halogenated alkanes) is 28. The highest BCUT2D eigenvalue weighted by Gasteiger charge is 2.15. The number of hydrogen-bond donors (Lipinski definition) is 0. The van der Waals surface area contributed by atoms with E-state index in [1.54, 1.807) is 0 Å². The Bertz CT molecular complexity index is 549. The van der Waals surface area contributed by atoms with E-state index in [4.69, 9.17) is 4.99 Å². The number of aliphatic imine (C=N–C) groups is 1. The summed E-state index contributed by atoms with van der Waals surface area (Å²) in [5.41, 5.74) is 0. The Balaban J connectivity index is 1.78. The van der Waals surface area contributed by atoms with Crippen molar-refractivity contribution in [1.29, 1.82) is 0 Å². The number of rotatable bonds is 35. The van der Waals surface area contributed by atoms with Gasteiger partial charge in [0.1, 0.15) is 0 Å². The lowest BCUT2D eigenvalue weighted by Gasteiger charge is -2.20. The van der Waals surface area contributed by atoms with E-state index < -0.39 is 0 Å². The van der Waals surface area contributed by atoms with Crippen LogP contribution in [-0.4, -0.2) is 41.9 Å². The third-order valence-electron chi connectivity index (χ3n) is 9.43. The molecule has 1 aliphatic rings. The molecule has 0 fully saturated rings. The largest absolute Gasteiger partial charge is 0.358 e. The topological polar surface area (TPSA) is 15.6 Å². The molecular formula is C39H78N2S. The van der Waals surface area contributed by atoms with Crippen molar-refractivity contribution >= 4 is 17.6 Å². The molecule has 0 N–H and O–H groups in total. The van der Waals surface area contributed by atoms with Gasteiger partial charge in [-0.2, -0.15) is 11.8 Å². The molecule has 0 amide bonds. The van der Waals surface area contributed by atoms with Crippen molar-refractivity contribution in [2.45, 2.75) is 213 Å². The minimum Gasteiger partial charge on any atom is -0.358 e. The highest BCUT2D eigenvalue weighted by Crippen LogP contribution is 2.17. The SMILES string of the molecule is CCCCCCCCCCCCCCCCCCSCCN1CCN=C1CCCCCCCCCCCCCCCC. The minimum absolute atomic E-state index is 1.04. The summed E-state index contributed by atoms with van der Waals surface area (Å²) in [6.07, 6.45) is 44.7. The van der Waals surface area contributed by atoms with Crippen LogP contribution < -0.4 is 0 Å². The van der Waals surface area contributed by atoms with E-state index in [9.17, 15) is 0 Å². The van der Waals surface area contributed by atoms with Crippen LogP contribution in [0.4, 0.5) is 0 Å². The Labute approximate surface area is 270 Å². The first kappa shape index (κ1) is 39.8. The molecule has 0 radical (unpaired) electrons. The summed E-state index contributed by atoms with van der Waals surface area (Å²) in [4.78, 5) is 7.45. The second kappa shape index (κ2) is 33.7. The average Bonchev–Trinajstić information content (AvgIpc) is 3.45. The first-order valence-corrected chi connectivity index (χ1v) is 20.9. The van der Waals surface area contributed by atoms with Crippen LogP contribution in [0.25, 0.3) is 0 Å². The fraction of sp³-hybridized carbons (Fsp3) is 0.974. The first-order chi connectivity index (χ1) is 20.9. The molecule has 0 aromatic heterocycles. The molecule has 1 rings (SSSR count). The number of thioether (sulfide) groups is 1. The van der Waals surface area contributed by atoms with Crippen LogP contribution in [0, 0.1) is 0 Å². The molecule has 0 saturated carbocycles. The predicted molar refractivity (Wildman–Crippen MR) is 196 cm³/mol. The predicted octanol–water partition coefficient (Wildman–Crippen LogP) is 13.6. The molecule has 0 bridgehead atoms. The van der Waals surface area contributed by atoms with Gasteiger partial charge in [-0.25, -0.2) is 0 Å². The van der Waals surface area contributed by atoms with Gasteiger partial charge < -0.3 is 4.90 Å². The van der Waals surface area contributed by atoms with E-state index in [-0.39, 0.29) is 0 Å². The molecule has 3 heteroatoms. The van der Waals surface area contributed by atoms with E-state index in [2.05, 4.69) is 30.5 Å². The van der Waals surface area contributed by atoms with Gasteiger partial charge >= 0.3 is 0 Å². The Hall–Kier alpha value is -0.180. The molecule has 0 unspecified atom stereocenters. The van der Waals surface area contributed by atoms with Crippen LogP contribution in [0.1, 0.15) is 213 Å². The van der Waals surface area contributed by atoms with Gasteiger partial charge in [0.05, 0.1) is 12.4 Å². The molecule has 0 aromatic carbocycles. The normalized spacial score (nSPS) is 13.4. The zero-order valence-electron chi connectivity index (χ0n) is 29.3. The van der Waals surface area contributed by atoms with Crippen LogP contribution >= 0.6 is 11.8 Å². The summed E-state index contributed by atoms with van der Waals surface area (Å²) in [5, 5.41) is 0. The highest BCUT2D eigenvalue weighted by atomic mass is 32.2. The van der Waals surface area contributed by atoms with Crippen molar-refractivity contribution in [3.05, 3.63) is 0 Å². The lowest BCUT2D eigenvalue weighted by molar-refractivity contribution is 0.473. The molecule has 250 valence electrons. The van der Waals surface area contributed by atoms with E-state index in [0.717, 1.165) is 6.54 Å². The van der Waals surface area contributed by atoms with Crippen molar-refractivity contribution < 1.29 is 0 Å². The highest BCUT2D eigenvalue weighted by molar-refractivity contribution is 7.99. The van der Waals surface area contributed by atoms with Crippen LogP contribution in [0.15, 0.2) is 4.99 Å². The Morgan fingerprint density at radius 2 is 0.810 bits per heavy atom. The number of nitrogens with zero attached hydrogens (tertiary/aromatic N) is 2. The van der Waals surface area contributed by atoms with Crippen molar-refractivity contribution in [2.75, 3.05) is 31.1 Å². The van der Waals surface area contributed by atoms with Crippen LogP contribution in [-0.2, 0) is 0 Å². The fourth-order valence-electron chi connectivity index (χ4n) is 6.51. The maximum Gasteiger partial charge on any atom is 0.0990 e. The molecule has 1 aliphatic heterocycles. The van der Waals surface area contributed by atoms with E-state index >= 15 is 0 Å². The van der Waals surface area contributed by atoms with Crippen LogP contribution in [0.3, 0.4) is 0 Å². The third-order valence-corrected chi connectivity index (χ3v) is 10.5. The summed E-state index contributed by atoms with van der Waals surface area (Å²) in [6, 6.07) is 0. The second-order valence-corrected chi connectivity index (χ2v) is 14.8. The van der Waals surface area contributed by atoms with Gasteiger partial charge in [0.2, 0.25) is 0 Å². The van der Waals surface area contributed by atoms with Gasteiger partial charge in [-0.05, 0) is 18.6 Å². The van der Waals surface area contributed by atoms with Gasteiger partial charge in [0, 0.05) is 25.3 Å². The molecule has 0 atom stereocenters. The summed E-state index contributed by atoms with van der Waals surface area (Å²) in [6.45, 7) is 8.05. The second-order valence-electron chi connectivity index (χ2n) is 13.5. The van der Waals surface area contributed by atoms with Crippen molar-refractivity contribution in [2.24, 2.45) is 4.99 Å². The molecule has 2 nitrogen and oxygen atoms in total. The van der Waals surface area contributed by atoms with Crippen molar-refractivity contribution in [1.82, 2.24) is 4.90 Å². The quantitative estimate of drug-likeness (QED) is 0.0667. The Morgan fingerprint density at radius 1 is 0.452 bits per heavy atom. The number of amidine groups is 1. The number of hydrogen-bond acceptors (Lipinski definition) is 3. The summed E-state index contributed by atoms with van der Waals surface area (Å²) in [7, 11) is 0. The molecule has 1 heterocycles. The van der Waals surface area contributed by atoms with E-state index in [0.29, 0.717) is 0 Å². The maximum absolute atomic E-state index is 4.85. The van der Waals surface area contributed by atoms with Crippen molar-refractivity contribution in [3.8, 4) is 0 Å². The minimum atomic E-state index is 1.04. The molecule has 42 heavy (non-hydrogen) atoms. The molecule has 0 spiro atoms. The lowest BCUT2D eigenvalue weighted by Crippen LogP contribution is -2.30. The van der Waals surface area contributed by atoms with Crippen molar-refractivity contribution in [3.63, 3.8) is 0 Å². The monoisotopic (exact) mass is 607 g/mol. The van der Waals surface area contributed by atoms with Crippen LogP contribution in [0.5, 0.6) is 0 Å². The first-order valence-electron chi connectivity index (χ1n) is 19.7. The van der Waals surface area contributed by atoms with Gasteiger partial charge in [0.15, 0.2) is 0 Å². The van der Waals surface area contributed by atoms with Gasteiger partial charge in [-0.1, -0.05) is 194 Å². The molecule has 0 saturated heterocycles.